The summed E-state index contributed by atoms with van der Waals surface area (Å²) < 4.78 is 0. The molecule has 0 aromatic carbocycles. The van der Waals surface area contributed by atoms with Crippen LogP contribution in [-0.2, 0) is 5.41 Å². The van der Waals surface area contributed by atoms with Crippen molar-refractivity contribution in [2.75, 3.05) is 0 Å². The van der Waals surface area contributed by atoms with Crippen LogP contribution in [0.15, 0.2) is 18.3 Å². The lowest BCUT2D eigenvalue weighted by Gasteiger charge is -2.02. The maximum atomic E-state index is 8.83. The van der Waals surface area contributed by atoms with Crippen molar-refractivity contribution in [2.45, 2.75) is 18.3 Å². The molecule has 1 aliphatic rings. The third-order valence-corrected chi connectivity index (χ3v) is 2.14. The predicted octanol–water partition coefficient (Wildman–Crippen LogP) is 1.44. The van der Waals surface area contributed by atoms with Crippen LogP contribution in [0.2, 0.25) is 0 Å². The minimum absolute atomic E-state index is 0.181. The molecule has 1 radical (unpaired) electrons. The summed E-state index contributed by atoms with van der Waals surface area (Å²) in [6.45, 7) is 0. The van der Waals surface area contributed by atoms with Gasteiger partial charge in [-0.3, -0.25) is 4.98 Å². The highest BCUT2D eigenvalue weighted by atomic mass is 14.6. The summed E-state index contributed by atoms with van der Waals surface area (Å²) in [4.78, 5) is 3.79. The first-order chi connectivity index (χ1) is 5.37. The SMILES string of the molecule is N#CC1(c2c[c]ncc2)CC1. The summed E-state index contributed by atoms with van der Waals surface area (Å²) in [5, 5.41) is 8.83. The van der Waals surface area contributed by atoms with Crippen LogP contribution in [0.4, 0.5) is 0 Å². The molecule has 0 unspecified atom stereocenters. The Morgan fingerprint density at radius 1 is 1.64 bits per heavy atom. The van der Waals surface area contributed by atoms with E-state index in [1.807, 2.05) is 6.07 Å². The van der Waals surface area contributed by atoms with Gasteiger partial charge in [0.25, 0.3) is 0 Å². The normalized spacial score (nSPS) is 18.8. The second-order valence-corrected chi connectivity index (χ2v) is 2.87. The summed E-state index contributed by atoms with van der Waals surface area (Å²) in [5.74, 6) is 0. The first-order valence-corrected chi connectivity index (χ1v) is 3.61. The highest BCUT2D eigenvalue weighted by Gasteiger charge is 2.44. The second-order valence-electron chi connectivity index (χ2n) is 2.87. The molecule has 0 N–H and O–H groups in total. The molecule has 0 saturated heterocycles. The van der Waals surface area contributed by atoms with Gasteiger partial charge in [-0.1, -0.05) is 0 Å². The van der Waals surface area contributed by atoms with E-state index in [2.05, 4.69) is 17.3 Å². The van der Waals surface area contributed by atoms with Crippen molar-refractivity contribution in [2.24, 2.45) is 0 Å². The Bertz CT molecular complexity index is 293. The van der Waals surface area contributed by atoms with Crippen molar-refractivity contribution in [1.29, 1.82) is 5.26 Å². The molecule has 1 aliphatic carbocycles. The average Bonchev–Trinajstić information content (AvgIpc) is 2.86. The molecule has 2 heteroatoms. The molecule has 0 atom stereocenters. The Morgan fingerprint density at radius 2 is 2.45 bits per heavy atom. The summed E-state index contributed by atoms with van der Waals surface area (Å²) in [7, 11) is 0. The smallest absolute Gasteiger partial charge is 0.0889 e. The lowest BCUT2D eigenvalue weighted by Crippen LogP contribution is -2.01. The number of hydrogen-bond donors (Lipinski definition) is 0. The van der Waals surface area contributed by atoms with Gasteiger partial charge in [-0.05, 0) is 30.5 Å². The van der Waals surface area contributed by atoms with E-state index in [9.17, 15) is 0 Å². The lowest BCUT2D eigenvalue weighted by molar-refractivity contribution is 0.902. The maximum absolute atomic E-state index is 8.83. The van der Waals surface area contributed by atoms with Gasteiger partial charge < -0.3 is 0 Å². The highest BCUT2D eigenvalue weighted by molar-refractivity contribution is 5.36. The zero-order valence-corrected chi connectivity index (χ0v) is 6.04. The molecule has 2 nitrogen and oxygen atoms in total. The van der Waals surface area contributed by atoms with E-state index in [0.29, 0.717) is 0 Å². The zero-order valence-electron chi connectivity index (χ0n) is 6.04. The van der Waals surface area contributed by atoms with Crippen LogP contribution in [0.1, 0.15) is 18.4 Å². The lowest BCUT2D eigenvalue weighted by atomic mass is 10.00. The van der Waals surface area contributed by atoms with Crippen molar-refractivity contribution in [3.05, 3.63) is 30.1 Å². The van der Waals surface area contributed by atoms with Crippen molar-refractivity contribution in [1.82, 2.24) is 4.98 Å². The Hall–Kier alpha value is -1.36. The summed E-state index contributed by atoms with van der Waals surface area (Å²) in [6, 6.07) is 6.02. The molecule has 1 aromatic rings. The molecular weight excluding hydrogens is 136 g/mol. The van der Waals surface area contributed by atoms with Crippen molar-refractivity contribution in [3.8, 4) is 6.07 Å². The third kappa shape index (κ3) is 0.894. The quantitative estimate of drug-likeness (QED) is 0.596. The van der Waals surface area contributed by atoms with Gasteiger partial charge in [-0.15, -0.1) is 0 Å². The van der Waals surface area contributed by atoms with Gasteiger partial charge in [0.1, 0.15) is 0 Å². The number of hydrogen-bond acceptors (Lipinski definition) is 2. The fraction of sp³-hybridized carbons (Fsp3) is 0.333. The fourth-order valence-corrected chi connectivity index (χ4v) is 1.20. The van der Waals surface area contributed by atoms with Crippen LogP contribution < -0.4 is 0 Å². The van der Waals surface area contributed by atoms with Crippen molar-refractivity contribution in [3.63, 3.8) is 0 Å². The van der Waals surface area contributed by atoms with Crippen LogP contribution in [-0.4, -0.2) is 4.98 Å². The van der Waals surface area contributed by atoms with Gasteiger partial charge in [0.2, 0.25) is 0 Å². The van der Waals surface area contributed by atoms with Gasteiger partial charge in [0, 0.05) is 6.20 Å². The van der Waals surface area contributed by atoms with Gasteiger partial charge in [0.15, 0.2) is 0 Å². The molecular formula is C9H7N2. The molecule has 1 heterocycles. The molecule has 11 heavy (non-hydrogen) atoms. The Labute approximate surface area is 65.5 Å². The van der Waals surface area contributed by atoms with E-state index < -0.39 is 0 Å². The standard InChI is InChI=1S/C9H7N2/c10-7-9(3-4-9)8-1-5-11-6-2-8/h1-2,5H,3-4H2. The molecule has 2 rings (SSSR count). The van der Waals surface area contributed by atoms with Crippen LogP contribution >= 0.6 is 0 Å². The van der Waals surface area contributed by atoms with E-state index in [1.165, 1.54) is 0 Å². The number of aromatic nitrogens is 1. The molecule has 0 amide bonds. The first kappa shape index (κ1) is 6.36. The van der Waals surface area contributed by atoms with E-state index in [1.54, 1.807) is 12.3 Å². The Balaban J connectivity index is 2.39. The summed E-state index contributed by atoms with van der Waals surface area (Å²) in [6.07, 6.45) is 6.40. The summed E-state index contributed by atoms with van der Waals surface area (Å²) in [5.41, 5.74) is 0.884. The van der Waals surface area contributed by atoms with Crippen LogP contribution in [0.3, 0.4) is 0 Å². The average molecular weight is 143 g/mol. The number of rotatable bonds is 1. The fourth-order valence-electron chi connectivity index (χ4n) is 1.20. The van der Waals surface area contributed by atoms with E-state index in [4.69, 9.17) is 5.26 Å². The predicted molar refractivity (Wildman–Crippen MR) is 39.6 cm³/mol. The number of nitrogens with zero attached hydrogens (tertiary/aromatic N) is 2. The summed E-state index contributed by atoms with van der Waals surface area (Å²) >= 11 is 0. The molecule has 1 aromatic heterocycles. The van der Waals surface area contributed by atoms with E-state index >= 15 is 0 Å². The molecule has 1 fully saturated rings. The third-order valence-electron chi connectivity index (χ3n) is 2.14. The van der Waals surface area contributed by atoms with Crippen LogP contribution in [0, 0.1) is 17.5 Å². The Kier molecular flexibility index (Phi) is 1.19. The van der Waals surface area contributed by atoms with E-state index in [-0.39, 0.29) is 5.41 Å². The molecule has 0 aliphatic heterocycles. The Morgan fingerprint density at radius 3 is 2.91 bits per heavy atom. The highest BCUT2D eigenvalue weighted by Crippen LogP contribution is 2.46. The monoisotopic (exact) mass is 143 g/mol. The first-order valence-electron chi connectivity index (χ1n) is 3.61. The largest absolute Gasteiger partial charge is 0.255 e. The molecule has 1 saturated carbocycles. The topological polar surface area (TPSA) is 36.7 Å². The molecule has 0 bridgehead atoms. The number of pyridine rings is 1. The van der Waals surface area contributed by atoms with Crippen LogP contribution in [0.25, 0.3) is 0 Å². The van der Waals surface area contributed by atoms with Crippen LogP contribution in [0.5, 0.6) is 0 Å². The number of nitriles is 1. The second kappa shape index (κ2) is 2.06. The maximum Gasteiger partial charge on any atom is 0.0889 e. The molecule has 53 valence electrons. The zero-order chi connectivity index (χ0) is 7.73. The minimum atomic E-state index is -0.181. The van der Waals surface area contributed by atoms with Crippen molar-refractivity contribution >= 4 is 0 Å². The van der Waals surface area contributed by atoms with Gasteiger partial charge in [-0.2, -0.15) is 5.26 Å². The van der Waals surface area contributed by atoms with Gasteiger partial charge >= 0.3 is 0 Å². The van der Waals surface area contributed by atoms with E-state index in [0.717, 1.165) is 18.4 Å². The van der Waals surface area contributed by atoms with Crippen molar-refractivity contribution < 1.29 is 0 Å². The van der Waals surface area contributed by atoms with Gasteiger partial charge in [0.05, 0.1) is 17.7 Å². The minimum Gasteiger partial charge on any atom is -0.255 e. The van der Waals surface area contributed by atoms with Gasteiger partial charge in [-0.25, -0.2) is 0 Å². The molecule has 0 spiro atoms.